The standard InChI is InChI=1S/C21H26N6O2.ClH/c1-2-19-24-21(29-26-19)16-7-5-15(6-8-16)9-12-23-20(28)18-10-13-27(25-18)17-4-3-11-22-14-17;/h5-8,10,13,17,22H,2-4,9,11-12,14H2,1H3,(H,23,28);1H. The summed E-state index contributed by atoms with van der Waals surface area (Å²) in [6.07, 6.45) is 5.61. The molecular formula is C21H27ClN6O2. The van der Waals surface area contributed by atoms with Gasteiger partial charge >= 0.3 is 0 Å². The van der Waals surface area contributed by atoms with Crippen molar-refractivity contribution in [3.8, 4) is 11.5 Å². The van der Waals surface area contributed by atoms with E-state index in [2.05, 4.69) is 25.9 Å². The van der Waals surface area contributed by atoms with E-state index in [4.69, 9.17) is 4.52 Å². The van der Waals surface area contributed by atoms with Gasteiger partial charge < -0.3 is 15.2 Å². The Morgan fingerprint density at radius 2 is 2.13 bits per heavy atom. The minimum atomic E-state index is -0.137. The lowest BCUT2D eigenvalue weighted by atomic mass is 10.1. The Morgan fingerprint density at radius 1 is 1.30 bits per heavy atom. The van der Waals surface area contributed by atoms with E-state index < -0.39 is 0 Å². The van der Waals surface area contributed by atoms with Crippen molar-refractivity contribution < 1.29 is 9.32 Å². The lowest BCUT2D eigenvalue weighted by molar-refractivity contribution is 0.0947. The molecule has 3 aromatic rings. The van der Waals surface area contributed by atoms with Gasteiger partial charge in [-0.1, -0.05) is 24.2 Å². The van der Waals surface area contributed by atoms with Crippen LogP contribution in [0.5, 0.6) is 0 Å². The van der Waals surface area contributed by atoms with Crippen molar-refractivity contribution in [3.05, 3.63) is 53.6 Å². The van der Waals surface area contributed by atoms with Crippen LogP contribution in [-0.4, -0.2) is 45.5 Å². The highest BCUT2D eigenvalue weighted by atomic mass is 35.5. The Bertz CT molecular complexity index is 947. The Balaban J connectivity index is 0.00000256. The third-order valence-electron chi connectivity index (χ3n) is 5.17. The molecule has 2 N–H and O–H groups in total. The molecule has 30 heavy (non-hydrogen) atoms. The zero-order valence-corrected chi connectivity index (χ0v) is 17.8. The molecule has 1 amide bonds. The van der Waals surface area contributed by atoms with Crippen LogP contribution in [0.1, 0.15) is 47.7 Å². The number of amides is 1. The van der Waals surface area contributed by atoms with E-state index in [1.807, 2.05) is 42.1 Å². The second-order valence-electron chi connectivity index (χ2n) is 7.25. The van der Waals surface area contributed by atoms with E-state index in [9.17, 15) is 4.79 Å². The minimum Gasteiger partial charge on any atom is -0.350 e. The first-order valence-electron chi connectivity index (χ1n) is 10.2. The lowest BCUT2D eigenvalue weighted by Crippen LogP contribution is -2.32. The molecule has 3 heterocycles. The molecule has 4 rings (SSSR count). The molecule has 1 aromatic carbocycles. The van der Waals surface area contributed by atoms with E-state index in [1.165, 1.54) is 0 Å². The molecule has 1 aliphatic heterocycles. The average Bonchev–Trinajstić information content (AvgIpc) is 3.45. The number of carbonyl (C=O) groups excluding carboxylic acids is 1. The maximum absolute atomic E-state index is 12.4. The number of halogens is 1. The van der Waals surface area contributed by atoms with Gasteiger partial charge in [0.15, 0.2) is 5.82 Å². The second kappa shape index (κ2) is 10.4. The van der Waals surface area contributed by atoms with Gasteiger partial charge in [0, 0.05) is 31.3 Å². The number of carbonyl (C=O) groups is 1. The van der Waals surface area contributed by atoms with Gasteiger partial charge in [0.05, 0.1) is 6.04 Å². The number of piperidine rings is 1. The largest absolute Gasteiger partial charge is 0.350 e. The van der Waals surface area contributed by atoms with Gasteiger partial charge in [-0.15, -0.1) is 12.4 Å². The first-order chi connectivity index (χ1) is 14.2. The molecule has 1 fully saturated rings. The van der Waals surface area contributed by atoms with Crippen molar-refractivity contribution >= 4 is 18.3 Å². The molecule has 1 atom stereocenters. The summed E-state index contributed by atoms with van der Waals surface area (Å²) in [6.45, 7) is 4.50. The molecular weight excluding hydrogens is 404 g/mol. The molecule has 8 nitrogen and oxygen atoms in total. The molecule has 0 bridgehead atoms. The van der Waals surface area contributed by atoms with Gasteiger partial charge in [0.2, 0.25) is 0 Å². The average molecular weight is 431 g/mol. The molecule has 0 saturated carbocycles. The number of nitrogens with zero attached hydrogens (tertiary/aromatic N) is 4. The third kappa shape index (κ3) is 5.25. The van der Waals surface area contributed by atoms with Crippen LogP contribution in [0.2, 0.25) is 0 Å². The number of hydrogen-bond donors (Lipinski definition) is 2. The molecule has 2 aromatic heterocycles. The van der Waals surface area contributed by atoms with Crippen LogP contribution >= 0.6 is 12.4 Å². The monoisotopic (exact) mass is 430 g/mol. The Morgan fingerprint density at radius 3 is 2.83 bits per heavy atom. The highest BCUT2D eigenvalue weighted by Crippen LogP contribution is 2.18. The van der Waals surface area contributed by atoms with Crippen molar-refractivity contribution in [1.29, 1.82) is 0 Å². The summed E-state index contributed by atoms with van der Waals surface area (Å²) in [5.41, 5.74) is 2.49. The highest BCUT2D eigenvalue weighted by molar-refractivity contribution is 5.92. The van der Waals surface area contributed by atoms with Crippen LogP contribution in [0.15, 0.2) is 41.1 Å². The van der Waals surface area contributed by atoms with Crippen LogP contribution < -0.4 is 10.6 Å². The molecule has 160 valence electrons. The number of rotatable bonds is 7. The summed E-state index contributed by atoms with van der Waals surface area (Å²) in [7, 11) is 0. The van der Waals surface area contributed by atoms with Gasteiger partial charge in [-0.2, -0.15) is 10.1 Å². The molecule has 1 saturated heterocycles. The van der Waals surface area contributed by atoms with Gasteiger partial charge in [-0.3, -0.25) is 9.48 Å². The topological polar surface area (TPSA) is 97.9 Å². The number of aryl methyl sites for hydroxylation is 1. The van der Waals surface area contributed by atoms with Crippen LogP contribution in [0.4, 0.5) is 0 Å². The van der Waals surface area contributed by atoms with Crippen LogP contribution in [0.3, 0.4) is 0 Å². The maximum Gasteiger partial charge on any atom is 0.271 e. The highest BCUT2D eigenvalue weighted by Gasteiger charge is 2.17. The fourth-order valence-electron chi connectivity index (χ4n) is 3.46. The van der Waals surface area contributed by atoms with E-state index in [-0.39, 0.29) is 18.3 Å². The molecule has 1 aliphatic rings. The second-order valence-corrected chi connectivity index (χ2v) is 7.25. The van der Waals surface area contributed by atoms with Crippen LogP contribution in [0, 0.1) is 0 Å². The predicted octanol–water partition coefficient (Wildman–Crippen LogP) is 2.81. The van der Waals surface area contributed by atoms with Gasteiger partial charge in [-0.05, 0) is 49.6 Å². The minimum absolute atomic E-state index is 0. The van der Waals surface area contributed by atoms with Crippen LogP contribution in [0.25, 0.3) is 11.5 Å². The van der Waals surface area contributed by atoms with Crippen molar-refractivity contribution in [1.82, 2.24) is 30.6 Å². The Hall–Kier alpha value is -2.71. The smallest absolute Gasteiger partial charge is 0.271 e. The predicted molar refractivity (Wildman–Crippen MR) is 116 cm³/mol. The normalized spacial score (nSPS) is 16.1. The van der Waals surface area contributed by atoms with Crippen molar-refractivity contribution in [2.45, 2.75) is 38.6 Å². The van der Waals surface area contributed by atoms with E-state index >= 15 is 0 Å². The zero-order chi connectivity index (χ0) is 20.1. The number of hydrogen-bond acceptors (Lipinski definition) is 6. The van der Waals surface area contributed by atoms with E-state index in [0.29, 0.717) is 30.0 Å². The summed E-state index contributed by atoms with van der Waals surface area (Å²) in [5.74, 6) is 1.10. The summed E-state index contributed by atoms with van der Waals surface area (Å²) in [6, 6.07) is 10.1. The van der Waals surface area contributed by atoms with Gasteiger partial charge in [0.1, 0.15) is 5.69 Å². The summed E-state index contributed by atoms with van der Waals surface area (Å²) < 4.78 is 7.16. The fraction of sp³-hybridized carbons (Fsp3) is 0.429. The first-order valence-corrected chi connectivity index (χ1v) is 10.2. The Labute approximate surface area is 181 Å². The summed E-state index contributed by atoms with van der Waals surface area (Å²) in [5, 5.41) is 14.7. The quantitative estimate of drug-likeness (QED) is 0.598. The maximum atomic E-state index is 12.4. The van der Waals surface area contributed by atoms with Gasteiger partial charge in [0.25, 0.3) is 11.8 Å². The Kier molecular flexibility index (Phi) is 7.59. The van der Waals surface area contributed by atoms with Crippen molar-refractivity contribution in [2.75, 3.05) is 19.6 Å². The molecule has 9 heteroatoms. The molecule has 1 unspecified atom stereocenters. The molecule has 0 radical (unpaired) electrons. The summed E-state index contributed by atoms with van der Waals surface area (Å²) >= 11 is 0. The van der Waals surface area contributed by atoms with Crippen molar-refractivity contribution in [3.63, 3.8) is 0 Å². The number of benzene rings is 1. The molecule has 0 spiro atoms. The van der Waals surface area contributed by atoms with Gasteiger partial charge in [-0.25, -0.2) is 0 Å². The SMILES string of the molecule is CCc1noc(-c2ccc(CCNC(=O)c3ccn(C4CCCNC4)n3)cc2)n1.Cl. The number of nitrogens with one attached hydrogen (secondary N) is 2. The number of aromatic nitrogens is 4. The molecule has 0 aliphatic carbocycles. The van der Waals surface area contributed by atoms with Crippen molar-refractivity contribution in [2.24, 2.45) is 0 Å². The zero-order valence-electron chi connectivity index (χ0n) is 17.0. The third-order valence-corrected chi connectivity index (χ3v) is 5.17. The van der Waals surface area contributed by atoms with Crippen LogP contribution in [-0.2, 0) is 12.8 Å². The fourth-order valence-corrected chi connectivity index (χ4v) is 3.46. The van der Waals surface area contributed by atoms with E-state index in [0.717, 1.165) is 49.9 Å². The summed E-state index contributed by atoms with van der Waals surface area (Å²) in [4.78, 5) is 16.7. The first kappa shape index (κ1) is 22.0. The lowest BCUT2D eigenvalue weighted by Gasteiger charge is -2.22. The van der Waals surface area contributed by atoms with E-state index in [1.54, 1.807) is 6.07 Å².